The lowest BCUT2D eigenvalue weighted by molar-refractivity contribution is 0.151. The van der Waals surface area contributed by atoms with Crippen molar-refractivity contribution >= 4 is 6.16 Å². The molecule has 0 amide bonds. The molecule has 0 saturated heterocycles. The summed E-state index contributed by atoms with van der Waals surface area (Å²) in [5.41, 5.74) is 4.32. The molecule has 0 heterocycles. The molecule has 3 nitrogen and oxygen atoms in total. The van der Waals surface area contributed by atoms with Crippen LogP contribution in [0.5, 0.6) is 11.5 Å². The quantitative estimate of drug-likeness (QED) is 0.457. The van der Waals surface area contributed by atoms with Crippen molar-refractivity contribution in [2.24, 2.45) is 0 Å². The van der Waals surface area contributed by atoms with Crippen molar-refractivity contribution in [2.75, 3.05) is 0 Å². The third kappa shape index (κ3) is 4.87. The van der Waals surface area contributed by atoms with Crippen LogP contribution in [0.25, 0.3) is 0 Å². The van der Waals surface area contributed by atoms with Gasteiger partial charge in [0.15, 0.2) is 0 Å². The molecule has 0 fully saturated rings. The van der Waals surface area contributed by atoms with Crippen LogP contribution in [-0.4, -0.2) is 6.16 Å². The molecule has 26 heavy (non-hydrogen) atoms. The number of hydrogen-bond acceptors (Lipinski definition) is 3. The van der Waals surface area contributed by atoms with E-state index in [2.05, 4.69) is 41.5 Å². The monoisotopic (exact) mass is 354 g/mol. The number of aryl methyl sites for hydroxylation is 2. The van der Waals surface area contributed by atoms with Gasteiger partial charge in [0.2, 0.25) is 0 Å². The summed E-state index contributed by atoms with van der Waals surface area (Å²) in [6, 6.07) is 11.7. The molecule has 140 valence electrons. The smallest absolute Gasteiger partial charge is 0.394 e. The van der Waals surface area contributed by atoms with Crippen LogP contribution in [0.4, 0.5) is 4.79 Å². The summed E-state index contributed by atoms with van der Waals surface area (Å²) in [4.78, 5) is 12.2. The lowest BCUT2D eigenvalue weighted by Crippen LogP contribution is -2.17. The zero-order chi connectivity index (χ0) is 19.7. The van der Waals surface area contributed by atoms with Gasteiger partial charge < -0.3 is 9.47 Å². The van der Waals surface area contributed by atoms with Gasteiger partial charge in [0.1, 0.15) is 11.5 Å². The van der Waals surface area contributed by atoms with E-state index >= 15 is 0 Å². The van der Waals surface area contributed by atoms with Crippen LogP contribution in [0.2, 0.25) is 0 Å². The fourth-order valence-electron chi connectivity index (χ4n) is 2.66. The van der Waals surface area contributed by atoms with Gasteiger partial charge in [-0.3, -0.25) is 0 Å². The number of ether oxygens (including phenoxy) is 2. The van der Waals surface area contributed by atoms with E-state index < -0.39 is 6.16 Å². The molecular formula is C23H30O3. The summed E-state index contributed by atoms with van der Waals surface area (Å²) in [6.45, 7) is 16.8. The zero-order valence-electron chi connectivity index (χ0n) is 17.2. The molecule has 0 atom stereocenters. The van der Waals surface area contributed by atoms with Crippen molar-refractivity contribution in [3.05, 3.63) is 58.7 Å². The molecule has 0 N–H and O–H groups in total. The first-order chi connectivity index (χ1) is 11.9. The van der Waals surface area contributed by atoms with E-state index in [0.29, 0.717) is 11.5 Å². The van der Waals surface area contributed by atoms with E-state index in [9.17, 15) is 4.79 Å². The second-order valence-electron chi connectivity index (χ2n) is 8.91. The molecule has 0 aliphatic rings. The molecule has 0 unspecified atom stereocenters. The van der Waals surface area contributed by atoms with Gasteiger partial charge in [0.05, 0.1) is 0 Å². The molecule has 3 heteroatoms. The van der Waals surface area contributed by atoms with Crippen molar-refractivity contribution in [2.45, 2.75) is 66.2 Å². The fourth-order valence-corrected chi connectivity index (χ4v) is 2.66. The first kappa shape index (κ1) is 20.0. The largest absolute Gasteiger partial charge is 0.519 e. The highest BCUT2D eigenvalue weighted by atomic mass is 16.7. The predicted molar refractivity (Wildman–Crippen MR) is 106 cm³/mol. The molecule has 2 aromatic rings. The molecule has 0 spiro atoms. The molecule has 2 rings (SSSR count). The minimum absolute atomic E-state index is 0.0513. The molecule has 0 radical (unpaired) electrons. The first-order valence-electron chi connectivity index (χ1n) is 9.00. The van der Waals surface area contributed by atoms with E-state index in [1.165, 1.54) is 11.1 Å². The third-order valence-corrected chi connectivity index (χ3v) is 4.47. The van der Waals surface area contributed by atoms with Gasteiger partial charge in [-0.15, -0.1) is 0 Å². The minimum atomic E-state index is -0.719. The Morgan fingerprint density at radius 3 is 1.31 bits per heavy atom. The fraction of sp³-hybridized carbons (Fsp3) is 0.435. The van der Waals surface area contributed by atoms with Crippen molar-refractivity contribution in [1.29, 1.82) is 0 Å². The van der Waals surface area contributed by atoms with E-state index in [1.807, 2.05) is 50.2 Å². The first-order valence-corrected chi connectivity index (χ1v) is 9.00. The highest BCUT2D eigenvalue weighted by Crippen LogP contribution is 2.29. The van der Waals surface area contributed by atoms with Crippen LogP contribution in [-0.2, 0) is 10.8 Å². The lowest BCUT2D eigenvalue weighted by atomic mass is 9.86. The SMILES string of the molecule is Cc1cc(C(C)(C)C)ccc1OC(=O)Oc1ccc(C(C)(C)C)cc1C. The summed E-state index contributed by atoms with van der Waals surface area (Å²) in [5.74, 6) is 1.04. The van der Waals surface area contributed by atoms with Crippen LogP contribution in [0, 0.1) is 13.8 Å². The lowest BCUT2D eigenvalue weighted by Gasteiger charge is -2.21. The molecular weight excluding hydrogens is 324 g/mol. The molecule has 2 aromatic carbocycles. The summed E-state index contributed by atoms with van der Waals surface area (Å²) in [6.07, 6.45) is -0.719. The summed E-state index contributed by atoms with van der Waals surface area (Å²) in [5, 5.41) is 0. The highest BCUT2D eigenvalue weighted by Gasteiger charge is 2.18. The Bertz CT molecular complexity index is 738. The van der Waals surface area contributed by atoms with E-state index in [1.54, 1.807) is 0 Å². The maximum atomic E-state index is 12.2. The molecule has 0 saturated carbocycles. The van der Waals surface area contributed by atoms with Crippen molar-refractivity contribution in [3.8, 4) is 11.5 Å². The number of rotatable bonds is 2. The Kier molecular flexibility index (Phi) is 5.50. The zero-order valence-corrected chi connectivity index (χ0v) is 17.2. The Balaban J connectivity index is 2.12. The molecule has 0 aliphatic carbocycles. The number of carbonyl (C=O) groups excluding carboxylic acids is 1. The van der Waals surface area contributed by atoms with Crippen molar-refractivity contribution in [1.82, 2.24) is 0 Å². The normalized spacial score (nSPS) is 12.0. The van der Waals surface area contributed by atoms with Gasteiger partial charge in [0, 0.05) is 0 Å². The molecule has 0 aliphatic heterocycles. The van der Waals surface area contributed by atoms with Crippen molar-refractivity contribution in [3.63, 3.8) is 0 Å². The average Bonchev–Trinajstić information content (AvgIpc) is 2.49. The minimum Gasteiger partial charge on any atom is -0.394 e. The standard InChI is InChI=1S/C23H30O3/c1-15-13-17(22(3,4)5)9-11-19(15)25-21(24)26-20-12-10-18(14-16(20)2)23(6,7)8/h9-14H,1-8H3. The number of carbonyl (C=O) groups is 1. The summed E-state index contributed by atoms with van der Waals surface area (Å²) >= 11 is 0. The van der Waals surface area contributed by atoms with Crippen LogP contribution in [0.3, 0.4) is 0 Å². The Morgan fingerprint density at radius 1 is 0.692 bits per heavy atom. The third-order valence-electron chi connectivity index (χ3n) is 4.47. The average molecular weight is 354 g/mol. The number of hydrogen-bond donors (Lipinski definition) is 0. The maximum absolute atomic E-state index is 12.2. The number of benzene rings is 2. The van der Waals surface area contributed by atoms with Crippen LogP contribution in [0.1, 0.15) is 63.8 Å². The molecule has 0 bridgehead atoms. The highest BCUT2D eigenvalue weighted by molar-refractivity contribution is 5.68. The topological polar surface area (TPSA) is 35.5 Å². The van der Waals surface area contributed by atoms with Crippen molar-refractivity contribution < 1.29 is 14.3 Å². The van der Waals surface area contributed by atoms with E-state index in [0.717, 1.165) is 11.1 Å². The second kappa shape index (κ2) is 7.14. The van der Waals surface area contributed by atoms with Gasteiger partial charge in [-0.05, 0) is 59.1 Å². The molecule has 0 aromatic heterocycles. The van der Waals surface area contributed by atoms with Crippen LogP contribution in [0.15, 0.2) is 36.4 Å². The van der Waals surface area contributed by atoms with E-state index in [4.69, 9.17) is 9.47 Å². The van der Waals surface area contributed by atoms with Gasteiger partial charge in [-0.1, -0.05) is 65.8 Å². The maximum Gasteiger partial charge on any atom is 0.519 e. The Morgan fingerprint density at radius 2 is 1.04 bits per heavy atom. The summed E-state index contributed by atoms with van der Waals surface area (Å²) < 4.78 is 10.8. The Hall–Kier alpha value is -2.29. The predicted octanol–water partition coefficient (Wildman–Crippen LogP) is 6.48. The van der Waals surface area contributed by atoms with Crippen LogP contribution < -0.4 is 9.47 Å². The summed E-state index contributed by atoms with van der Waals surface area (Å²) in [7, 11) is 0. The van der Waals surface area contributed by atoms with Gasteiger partial charge in [0.25, 0.3) is 0 Å². The van der Waals surface area contributed by atoms with Crippen LogP contribution >= 0.6 is 0 Å². The van der Waals surface area contributed by atoms with Gasteiger partial charge >= 0.3 is 6.16 Å². The second-order valence-corrected chi connectivity index (χ2v) is 8.91. The van der Waals surface area contributed by atoms with Gasteiger partial charge in [-0.25, -0.2) is 4.79 Å². The van der Waals surface area contributed by atoms with Gasteiger partial charge in [-0.2, -0.15) is 0 Å². The van der Waals surface area contributed by atoms with E-state index in [-0.39, 0.29) is 10.8 Å². The Labute approximate surface area is 157 Å².